The summed E-state index contributed by atoms with van der Waals surface area (Å²) >= 11 is 0. The molecule has 0 aliphatic carbocycles. The highest BCUT2D eigenvalue weighted by atomic mass is 127. The molecular formula is C21H28F3IN4O2. The fraction of sp³-hybridized carbons (Fsp3) is 0.429. The van der Waals surface area contributed by atoms with Gasteiger partial charge in [-0.3, -0.25) is 9.98 Å². The first-order valence-corrected chi connectivity index (χ1v) is 9.77. The molecule has 10 heteroatoms. The third-order valence-corrected chi connectivity index (χ3v) is 4.19. The molecular weight excluding hydrogens is 524 g/mol. The summed E-state index contributed by atoms with van der Waals surface area (Å²) in [7, 11) is 0. The Morgan fingerprint density at radius 2 is 1.90 bits per heavy atom. The van der Waals surface area contributed by atoms with Crippen LogP contribution in [0.3, 0.4) is 0 Å². The number of alkyl halides is 3. The molecule has 2 rings (SSSR count). The lowest BCUT2D eigenvalue weighted by Gasteiger charge is -2.15. The van der Waals surface area contributed by atoms with Gasteiger partial charge in [-0.25, -0.2) is 0 Å². The molecule has 0 aliphatic heterocycles. The number of hydrogen-bond donors (Lipinski definition) is 3. The van der Waals surface area contributed by atoms with Crippen LogP contribution in [0.5, 0.6) is 5.75 Å². The number of rotatable bonds is 10. The number of aliphatic imine (C=N–C) groups is 1. The highest BCUT2D eigenvalue weighted by Gasteiger charge is 2.30. The molecule has 6 nitrogen and oxygen atoms in total. The number of nitrogens with zero attached hydrogens (tertiary/aromatic N) is 2. The molecule has 1 heterocycles. The van der Waals surface area contributed by atoms with E-state index in [4.69, 9.17) is 0 Å². The average Bonchev–Trinajstić information content (AvgIpc) is 2.72. The molecule has 31 heavy (non-hydrogen) atoms. The predicted molar refractivity (Wildman–Crippen MR) is 125 cm³/mol. The van der Waals surface area contributed by atoms with E-state index < -0.39 is 6.36 Å². The minimum absolute atomic E-state index is 0. The summed E-state index contributed by atoms with van der Waals surface area (Å²) in [6, 6.07) is 11.4. The first kappa shape index (κ1) is 27.0. The van der Waals surface area contributed by atoms with Gasteiger partial charge in [-0.05, 0) is 43.2 Å². The summed E-state index contributed by atoms with van der Waals surface area (Å²) in [4.78, 5) is 8.80. The monoisotopic (exact) mass is 552 g/mol. The summed E-state index contributed by atoms with van der Waals surface area (Å²) < 4.78 is 40.6. The largest absolute Gasteiger partial charge is 0.573 e. The van der Waals surface area contributed by atoms with E-state index in [1.165, 1.54) is 12.1 Å². The zero-order chi connectivity index (χ0) is 21.8. The number of ether oxygens (including phenoxy) is 1. The van der Waals surface area contributed by atoms with Crippen molar-refractivity contribution in [3.05, 3.63) is 59.9 Å². The maximum absolute atomic E-state index is 12.2. The van der Waals surface area contributed by atoms with Gasteiger partial charge in [-0.1, -0.05) is 18.2 Å². The molecule has 0 saturated carbocycles. The van der Waals surface area contributed by atoms with E-state index in [1.807, 2.05) is 25.1 Å². The zero-order valence-corrected chi connectivity index (χ0v) is 19.6. The van der Waals surface area contributed by atoms with Crippen LogP contribution in [0.2, 0.25) is 0 Å². The molecule has 172 valence electrons. The van der Waals surface area contributed by atoms with E-state index in [2.05, 4.69) is 25.3 Å². The Labute approximate surface area is 197 Å². The van der Waals surface area contributed by atoms with Crippen molar-refractivity contribution in [1.82, 2.24) is 15.6 Å². The molecule has 0 amide bonds. The summed E-state index contributed by atoms with van der Waals surface area (Å²) in [6.45, 7) is 3.60. The number of pyridine rings is 1. The molecule has 0 saturated heterocycles. The summed E-state index contributed by atoms with van der Waals surface area (Å²) in [6.07, 6.45) is -1.72. The SMILES string of the molecule is CCNC(=NCC(CO)Cc1ccc(OC(F)(F)F)cc1)NCCc1ccccn1.I. The topological polar surface area (TPSA) is 78.8 Å². The van der Waals surface area contributed by atoms with Gasteiger partial charge in [0.15, 0.2) is 5.96 Å². The van der Waals surface area contributed by atoms with Crippen LogP contribution < -0.4 is 15.4 Å². The van der Waals surface area contributed by atoms with E-state index in [0.717, 1.165) is 17.7 Å². The molecule has 0 spiro atoms. The Morgan fingerprint density at radius 1 is 1.16 bits per heavy atom. The van der Waals surface area contributed by atoms with Crippen LogP contribution in [0.15, 0.2) is 53.7 Å². The number of aliphatic hydroxyl groups excluding tert-OH is 1. The number of aliphatic hydroxyl groups is 1. The number of guanidine groups is 1. The fourth-order valence-corrected chi connectivity index (χ4v) is 2.76. The van der Waals surface area contributed by atoms with Gasteiger partial charge >= 0.3 is 6.36 Å². The van der Waals surface area contributed by atoms with Crippen molar-refractivity contribution in [1.29, 1.82) is 0 Å². The van der Waals surface area contributed by atoms with E-state index >= 15 is 0 Å². The second-order valence-electron chi connectivity index (χ2n) is 6.66. The van der Waals surface area contributed by atoms with Crippen LogP contribution in [0.25, 0.3) is 0 Å². The van der Waals surface area contributed by atoms with Gasteiger partial charge < -0.3 is 20.5 Å². The standard InChI is InChI=1S/C21H27F3N4O2.HI/c1-2-25-20(27-12-10-18-5-3-4-11-26-18)28-14-17(15-29)13-16-6-8-19(9-7-16)30-21(22,23)24;/h3-9,11,17,29H,2,10,12-15H2,1H3,(H2,25,27,28);1H. The first-order valence-electron chi connectivity index (χ1n) is 9.77. The Morgan fingerprint density at radius 3 is 2.48 bits per heavy atom. The third kappa shape index (κ3) is 11.2. The highest BCUT2D eigenvalue weighted by Crippen LogP contribution is 2.23. The minimum Gasteiger partial charge on any atom is -0.406 e. The van der Waals surface area contributed by atoms with E-state index in [-0.39, 0.29) is 42.3 Å². The van der Waals surface area contributed by atoms with E-state index in [1.54, 1.807) is 18.3 Å². The third-order valence-electron chi connectivity index (χ3n) is 4.19. The molecule has 2 aromatic rings. The predicted octanol–water partition coefficient (Wildman–Crippen LogP) is 3.55. The second-order valence-corrected chi connectivity index (χ2v) is 6.66. The lowest BCUT2D eigenvalue weighted by Crippen LogP contribution is -2.39. The van der Waals surface area contributed by atoms with Crippen LogP contribution in [-0.4, -0.2) is 48.7 Å². The maximum Gasteiger partial charge on any atom is 0.573 e. The Balaban J connectivity index is 0.00000480. The second kappa shape index (κ2) is 14.1. The van der Waals surface area contributed by atoms with Crippen molar-refractivity contribution in [2.45, 2.75) is 26.1 Å². The van der Waals surface area contributed by atoms with Crippen LogP contribution in [0.4, 0.5) is 13.2 Å². The number of hydrogen-bond acceptors (Lipinski definition) is 4. The lowest BCUT2D eigenvalue weighted by atomic mass is 10.0. The maximum atomic E-state index is 12.2. The quantitative estimate of drug-likeness (QED) is 0.239. The number of aromatic nitrogens is 1. The van der Waals surface area contributed by atoms with E-state index in [0.29, 0.717) is 32.0 Å². The average molecular weight is 552 g/mol. The van der Waals surface area contributed by atoms with Crippen LogP contribution in [-0.2, 0) is 12.8 Å². The van der Waals surface area contributed by atoms with Crippen LogP contribution in [0, 0.1) is 5.92 Å². The molecule has 0 fully saturated rings. The van der Waals surface area contributed by atoms with Crippen molar-refractivity contribution in [3.8, 4) is 5.75 Å². The fourth-order valence-electron chi connectivity index (χ4n) is 2.76. The molecule has 0 aliphatic rings. The normalized spacial score (nSPS) is 12.6. The van der Waals surface area contributed by atoms with Gasteiger partial charge in [0.05, 0.1) is 0 Å². The Hall–Kier alpha value is -2.08. The van der Waals surface area contributed by atoms with Crippen LogP contribution in [0.1, 0.15) is 18.2 Å². The molecule has 1 aromatic heterocycles. The molecule has 3 N–H and O–H groups in total. The van der Waals surface area contributed by atoms with Crippen molar-refractivity contribution >= 4 is 29.9 Å². The van der Waals surface area contributed by atoms with Crippen molar-refractivity contribution in [2.24, 2.45) is 10.9 Å². The highest BCUT2D eigenvalue weighted by molar-refractivity contribution is 14.0. The van der Waals surface area contributed by atoms with Crippen molar-refractivity contribution < 1.29 is 23.0 Å². The number of nitrogens with one attached hydrogen (secondary N) is 2. The molecule has 1 aromatic carbocycles. The number of benzene rings is 1. The van der Waals surface area contributed by atoms with E-state index in [9.17, 15) is 18.3 Å². The molecule has 0 bridgehead atoms. The Bertz CT molecular complexity index is 774. The minimum atomic E-state index is -4.71. The van der Waals surface area contributed by atoms with Crippen molar-refractivity contribution in [3.63, 3.8) is 0 Å². The van der Waals surface area contributed by atoms with Gasteiger partial charge in [-0.15, -0.1) is 37.1 Å². The van der Waals surface area contributed by atoms with Crippen LogP contribution >= 0.6 is 24.0 Å². The first-order chi connectivity index (χ1) is 14.4. The van der Waals surface area contributed by atoms with Gasteiger partial charge in [0.25, 0.3) is 0 Å². The molecule has 1 atom stereocenters. The Kier molecular flexibility index (Phi) is 12.2. The summed E-state index contributed by atoms with van der Waals surface area (Å²) in [5.74, 6) is 0.211. The zero-order valence-electron chi connectivity index (χ0n) is 17.2. The van der Waals surface area contributed by atoms with Gasteiger partial charge in [0.2, 0.25) is 0 Å². The summed E-state index contributed by atoms with van der Waals surface area (Å²) in [5.41, 5.74) is 1.78. The van der Waals surface area contributed by atoms with Gasteiger partial charge in [0, 0.05) is 50.5 Å². The van der Waals surface area contributed by atoms with Crippen molar-refractivity contribution in [2.75, 3.05) is 26.2 Å². The van der Waals surface area contributed by atoms with Gasteiger partial charge in [-0.2, -0.15) is 0 Å². The summed E-state index contributed by atoms with van der Waals surface area (Å²) in [5, 5.41) is 16.1. The lowest BCUT2D eigenvalue weighted by molar-refractivity contribution is -0.274. The molecule has 0 radical (unpaired) electrons. The smallest absolute Gasteiger partial charge is 0.406 e. The molecule has 1 unspecified atom stereocenters. The van der Waals surface area contributed by atoms with Gasteiger partial charge in [0.1, 0.15) is 5.75 Å². The number of halogens is 4.